The molecule has 1 fully saturated rings. The maximum atomic E-state index is 5.43. The maximum Gasteiger partial charge on any atom is 0.161 e. The summed E-state index contributed by atoms with van der Waals surface area (Å²) in [5.41, 5.74) is 2.86. The Morgan fingerprint density at radius 2 is 1.62 bits per heavy atom. The van der Waals surface area contributed by atoms with Gasteiger partial charge in [-0.2, -0.15) is 0 Å². The van der Waals surface area contributed by atoms with Crippen LogP contribution in [0.4, 0.5) is 0 Å². The second-order valence-electron chi connectivity index (χ2n) is 5.32. The van der Waals surface area contributed by atoms with Gasteiger partial charge in [-0.05, 0) is 16.5 Å². The van der Waals surface area contributed by atoms with Crippen LogP contribution in [0.2, 0.25) is 0 Å². The third-order valence-electron chi connectivity index (χ3n) is 2.91. The molecule has 2 heteroatoms. The van der Waals surface area contributed by atoms with E-state index in [-0.39, 0.29) is 11.7 Å². The Morgan fingerprint density at radius 1 is 1.06 bits per heavy atom. The summed E-state index contributed by atoms with van der Waals surface area (Å²) in [5.74, 6) is 0. The van der Waals surface area contributed by atoms with Crippen LogP contribution in [0.3, 0.4) is 0 Å². The summed E-state index contributed by atoms with van der Waals surface area (Å²) in [7, 11) is 0. The van der Waals surface area contributed by atoms with Crippen molar-refractivity contribution in [1.82, 2.24) is 0 Å². The Labute approximate surface area is 97.6 Å². The Bertz CT molecular complexity index is 329. The van der Waals surface area contributed by atoms with E-state index in [4.69, 9.17) is 9.47 Å². The lowest BCUT2D eigenvalue weighted by molar-refractivity contribution is -0.0399. The molecule has 0 bridgehead atoms. The molecule has 1 saturated heterocycles. The molecule has 0 unspecified atom stereocenters. The summed E-state index contributed by atoms with van der Waals surface area (Å²) in [6.07, 6.45) is 0.810. The topological polar surface area (TPSA) is 18.5 Å². The first-order valence-corrected chi connectivity index (χ1v) is 5.88. The van der Waals surface area contributed by atoms with Crippen LogP contribution in [-0.4, -0.2) is 19.5 Å². The molecule has 1 aliphatic heterocycles. The van der Waals surface area contributed by atoms with E-state index in [0.29, 0.717) is 0 Å². The molecule has 0 saturated carbocycles. The normalized spacial score (nSPS) is 17.9. The SMILES string of the molecule is CC(C)(C)c1ccc(CC2OCCO2)cc1. The fraction of sp³-hybridized carbons (Fsp3) is 0.571. The van der Waals surface area contributed by atoms with E-state index < -0.39 is 0 Å². The van der Waals surface area contributed by atoms with Crippen molar-refractivity contribution in [3.05, 3.63) is 35.4 Å². The van der Waals surface area contributed by atoms with Crippen LogP contribution in [0.5, 0.6) is 0 Å². The largest absolute Gasteiger partial charge is 0.350 e. The first-order valence-electron chi connectivity index (χ1n) is 5.88. The number of hydrogen-bond donors (Lipinski definition) is 0. The third-order valence-corrected chi connectivity index (χ3v) is 2.91. The molecule has 0 aromatic heterocycles. The molecule has 88 valence electrons. The predicted molar refractivity (Wildman–Crippen MR) is 64.5 cm³/mol. The average molecular weight is 220 g/mol. The summed E-state index contributed by atoms with van der Waals surface area (Å²) >= 11 is 0. The molecule has 1 heterocycles. The molecule has 1 aromatic carbocycles. The standard InChI is InChI=1S/C14H20O2/c1-14(2,3)12-6-4-11(5-7-12)10-13-15-8-9-16-13/h4-7,13H,8-10H2,1-3H3. The molecule has 1 aliphatic rings. The van der Waals surface area contributed by atoms with E-state index in [9.17, 15) is 0 Å². The highest BCUT2D eigenvalue weighted by Crippen LogP contribution is 2.23. The zero-order chi connectivity index (χ0) is 11.6. The van der Waals surface area contributed by atoms with Crippen molar-refractivity contribution < 1.29 is 9.47 Å². The highest BCUT2D eigenvalue weighted by Gasteiger charge is 2.17. The van der Waals surface area contributed by atoms with Crippen LogP contribution in [0.15, 0.2) is 24.3 Å². The van der Waals surface area contributed by atoms with E-state index in [2.05, 4.69) is 45.0 Å². The van der Waals surface area contributed by atoms with Crippen molar-refractivity contribution in [2.45, 2.75) is 38.9 Å². The molecule has 0 N–H and O–H groups in total. The highest BCUT2D eigenvalue weighted by molar-refractivity contribution is 5.27. The molecule has 0 spiro atoms. The molecular weight excluding hydrogens is 200 g/mol. The van der Waals surface area contributed by atoms with Crippen molar-refractivity contribution in [3.63, 3.8) is 0 Å². The average Bonchev–Trinajstić information content (AvgIpc) is 2.70. The number of benzene rings is 1. The van der Waals surface area contributed by atoms with Gasteiger partial charge in [-0.15, -0.1) is 0 Å². The quantitative estimate of drug-likeness (QED) is 0.763. The number of ether oxygens (including phenoxy) is 2. The lowest BCUT2D eigenvalue weighted by atomic mass is 9.86. The van der Waals surface area contributed by atoms with Crippen molar-refractivity contribution >= 4 is 0 Å². The van der Waals surface area contributed by atoms with Crippen LogP contribution < -0.4 is 0 Å². The summed E-state index contributed by atoms with van der Waals surface area (Å²) in [5, 5.41) is 0. The van der Waals surface area contributed by atoms with Gasteiger partial charge in [0, 0.05) is 6.42 Å². The molecule has 2 rings (SSSR count). The minimum absolute atomic E-state index is 0.0412. The zero-order valence-corrected chi connectivity index (χ0v) is 10.3. The number of hydrogen-bond acceptors (Lipinski definition) is 2. The van der Waals surface area contributed by atoms with Crippen molar-refractivity contribution in [2.24, 2.45) is 0 Å². The summed E-state index contributed by atoms with van der Waals surface area (Å²) < 4.78 is 10.9. The van der Waals surface area contributed by atoms with Gasteiger partial charge in [0.2, 0.25) is 0 Å². The molecule has 0 aliphatic carbocycles. The van der Waals surface area contributed by atoms with Gasteiger partial charge in [-0.25, -0.2) is 0 Å². The Balaban J connectivity index is 2.01. The minimum Gasteiger partial charge on any atom is -0.350 e. The summed E-state index contributed by atoms with van der Waals surface area (Å²) in [6.45, 7) is 8.14. The summed E-state index contributed by atoms with van der Waals surface area (Å²) in [6, 6.07) is 8.74. The first kappa shape index (κ1) is 11.6. The number of rotatable bonds is 2. The zero-order valence-electron chi connectivity index (χ0n) is 10.3. The van der Waals surface area contributed by atoms with Gasteiger partial charge in [0.05, 0.1) is 13.2 Å². The van der Waals surface area contributed by atoms with Gasteiger partial charge >= 0.3 is 0 Å². The van der Waals surface area contributed by atoms with Crippen molar-refractivity contribution in [1.29, 1.82) is 0 Å². The van der Waals surface area contributed by atoms with Gasteiger partial charge in [0.25, 0.3) is 0 Å². The maximum absolute atomic E-state index is 5.43. The second kappa shape index (κ2) is 4.56. The van der Waals surface area contributed by atoms with Gasteiger partial charge in [-0.1, -0.05) is 45.0 Å². The molecule has 0 atom stereocenters. The van der Waals surface area contributed by atoms with Crippen LogP contribution >= 0.6 is 0 Å². The van der Waals surface area contributed by atoms with Gasteiger partial charge in [0.15, 0.2) is 6.29 Å². The first-order chi connectivity index (χ1) is 7.55. The smallest absolute Gasteiger partial charge is 0.161 e. The van der Waals surface area contributed by atoms with E-state index >= 15 is 0 Å². The van der Waals surface area contributed by atoms with Crippen LogP contribution in [0, 0.1) is 0 Å². The van der Waals surface area contributed by atoms with E-state index in [1.54, 1.807) is 0 Å². The van der Waals surface area contributed by atoms with Crippen molar-refractivity contribution in [3.8, 4) is 0 Å². The Kier molecular flexibility index (Phi) is 3.31. The Hall–Kier alpha value is -0.860. The molecule has 1 aromatic rings. The van der Waals surface area contributed by atoms with Crippen LogP contribution in [0.25, 0.3) is 0 Å². The minimum atomic E-state index is -0.0412. The van der Waals surface area contributed by atoms with Gasteiger partial charge in [0.1, 0.15) is 0 Å². The van der Waals surface area contributed by atoms with Crippen molar-refractivity contribution in [2.75, 3.05) is 13.2 Å². The van der Waals surface area contributed by atoms with Gasteiger partial charge in [-0.3, -0.25) is 0 Å². The van der Waals surface area contributed by atoms with E-state index in [1.807, 2.05) is 0 Å². The van der Waals surface area contributed by atoms with E-state index in [1.165, 1.54) is 11.1 Å². The molecule has 2 nitrogen and oxygen atoms in total. The monoisotopic (exact) mass is 220 g/mol. The fourth-order valence-corrected chi connectivity index (χ4v) is 1.86. The Morgan fingerprint density at radius 3 is 2.12 bits per heavy atom. The molecule has 0 radical (unpaired) electrons. The molecular formula is C14H20O2. The fourth-order valence-electron chi connectivity index (χ4n) is 1.86. The lowest BCUT2D eigenvalue weighted by Crippen LogP contribution is -2.13. The molecule has 0 amide bonds. The van der Waals surface area contributed by atoms with Gasteiger partial charge < -0.3 is 9.47 Å². The second-order valence-corrected chi connectivity index (χ2v) is 5.32. The van der Waals surface area contributed by atoms with Crippen LogP contribution in [-0.2, 0) is 21.3 Å². The highest BCUT2D eigenvalue weighted by atomic mass is 16.7. The third kappa shape index (κ3) is 2.83. The molecule has 16 heavy (non-hydrogen) atoms. The summed E-state index contributed by atoms with van der Waals surface area (Å²) in [4.78, 5) is 0. The van der Waals surface area contributed by atoms with Crippen LogP contribution in [0.1, 0.15) is 31.9 Å². The predicted octanol–water partition coefficient (Wildman–Crippen LogP) is 2.90. The lowest BCUT2D eigenvalue weighted by Gasteiger charge is -2.19. The van der Waals surface area contributed by atoms with E-state index in [0.717, 1.165) is 19.6 Å².